The highest BCUT2D eigenvalue weighted by Gasteiger charge is 2.13. The Balaban J connectivity index is 3.86. The summed E-state index contributed by atoms with van der Waals surface area (Å²) in [6.07, 6.45) is 9.74. The molecule has 0 saturated carbocycles. The van der Waals surface area contributed by atoms with Gasteiger partial charge in [0.15, 0.2) is 0 Å². The molecule has 0 aromatic carbocycles. The van der Waals surface area contributed by atoms with Gasteiger partial charge < -0.3 is 5.32 Å². The second-order valence-electron chi connectivity index (χ2n) is 4.82. The molecular weight excluding hydrogens is 182 g/mol. The van der Waals surface area contributed by atoms with Gasteiger partial charge in [0, 0.05) is 0 Å². The molecule has 0 spiro atoms. The SMILES string of the molecule is CCCCC(CCNC)CC(CC)CC. The van der Waals surface area contributed by atoms with Crippen molar-refractivity contribution in [2.75, 3.05) is 13.6 Å². The van der Waals surface area contributed by atoms with Gasteiger partial charge in [0.1, 0.15) is 0 Å². The molecule has 1 atom stereocenters. The topological polar surface area (TPSA) is 12.0 Å². The minimum Gasteiger partial charge on any atom is -0.320 e. The van der Waals surface area contributed by atoms with Crippen LogP contribution in [0.4, 0.5) is 0 Å². The maximum absolute atomic E-state index is 3.28. The van der Waals surface area contributed by atoms with Crippen molar-refractivity contribution in [3.05, 3.63) is 0 Å². The Labute approximate surface area is 97.0 Å². The molecule has 0 amide bonds. The first-order chi connectivity index (χ1) is 7.28. The average molecular weight is 213 g/mol. The third-order valence-electron chi connectivity index (χ3n) is 3.59. The number of hydrogen-bond acceptors (Lipinski definition) is 1. The van der Waals surface area contributed by atoms with Gasteiger partial charge in [-0.2, -0.15) is 0 Å². The summed E-state index contributed by atoms with van der Waals surface area (Å²) < 4.78 is 0. The molecule has 0 aromatic heterocycles. The third-order valence-corrected chi connectivity index (χ3v) is 3.59. The lowest BCUT2D eigenvalue weighted by atomic mass is 9.86. The molecule has 0 fully saturated rings. The minimum absolute atomic E-state index is 0.960. The largest absolute Gasteiger partial charge is 0.320 e. The highest BCUT2D eigenvalue weighted by atomic mass is 14.8. The molecule has 1 unspecified atom stereocenters. The zero-order valence-corrected chi connectivity index (χ0v) is 11.3. The first-order valence-electron chi connectivity index (χ1n) is 6.92. The van der Waals surface area contributed by atoms with E-state index in [-0.39, 0.29) is 0 Å². The van der Waals surface area contributed by atoms with Crippen LogP contribution in [-0.2, 0) is 0 Å². The van der Waals surface area contributed by atoms with E-state index in [1.54, 1.807) is 0 Å². The second-order valence-corrected chi connectivity index (χ2v) is 4.82. The average Bonchev–Trinajstić information content (AvgIpc) is 2.28. The lowest BCUT2D eigenvalue weighted by molar-refractivity contribution is 0.314. The maximum Gasteiger partial charge on any atom is -0.00493 e. The van der Waals surface area contributed by atoms with Gasteiger partial charge in [0.2, 0.25) is 0 Å². The summed E-state index contributed by atoms with van der Waals surface area (Å²) in [6.45, 7) is 8.16. The molecule has 1 N–H and O–H groups in total. The van der Waals surface area contributed by atoms with Gasteiger partial charge >= 0.3 is 0 Å². The van der Waals surface area contributed by atoms with Gasteiger partial charge in [-0.1, -0.05) is 52.9 Å². The molecule has 15 heavy (non-hydrogen) atoms. The fourth-order valence-electron chi connectivity index (χ4n) is 2.31. The van der Waals surface area contributed by atoms with Crippen molar-refractivity contribution in [2.45, 2.75) is 65.7 Å². The van der Waals surface area contributed by atoms with Gasteiger partial charge in [-0.3, -0.25) is 0 Å². The van der Waals surface area contributed by atoms with Gasteiger partial charge in [0.05, 0.1) is 0 Å². The van der Waals surface area contributed by atoms with Crippen LogP contribution in [0.1, 0.15) is 65.7 Å². The number of rotatable bonds is 10. The van der Waals surface area contributed by atoms with Crippen LogP contribution in [0.3, 0.4) is 0 Å². The summed E-state index contributed by atoms with van der Waals surface area (Å²) in [4.78, 5) is 0. The number of nitrogens with one attached hydrogen (secondary N) is 1. The summed E-state index contributed by atoms with van der Waals surface area (Å²) in [5, 5.41) is 3.28. The zero-order valence-electron chi connectivity index (χ0n) is 11.3. The smallest absolute Gasteiger partial charge is 0.00493 e. The number of unbranched alkanes of at least 4 members (excludes halogenated alkanes) is 1. The van der Waals surface area contributed by atoms with E-state index in [0.29, 0.717) is 0 Å². The molecule has 0 rings (SSSR count). The molecule has 0 aromatic rings. The minimum atomic E-state index is 0.960. The Hall–Kier alpha value is -0.0400. The van der Waals surface area contributed by atoms with Gasteiger partial charge in [-0.15, -0.1) is 0 Å². The summed E-state index contributed by atoms with van der Waals surface area (Å²) in [7, 11) is 2.06. The van der Waals surface area contributed by atoms with Crippen molar-refractivity contribution in [3.8, 4) is 0 Å². The molecule has 0 aliphatic rings. The van der Waals surface area contributed by atoms with Crippen LogP contribution in [0.15, 0.2) is 0 Å². The van der Waals surface area contributed by atoms with E-state index in [4.69, 9.17) is 0 Å². The van der Waals surface area contributed by atoms with Crippen molar-refractivity contribution in [3.63, 3.8) is 0 Å². The lowest BCUT2D eigenvalue weighted by Crippen LogP contribution is -2.16. The molecule has 0 aliphatic heterocycles. The van der Waals surface area contributed by atoms with E-state index >= 15 is 0 Å². The summed E-state index contributed by atoms with van der Waals surface area (Å²) >= 11 is 0. The fraction of sp³-hybridized carbons (Fsp3) is 1.00. The maximum atomic E-state index is 3.28. The van der Waals surface area contributed by atoms with E-state index in [9.17, 15) is 0 Å². The van der Waals surface area contributed by atoms with Crippen molar-refractivity contribution in [1.29, 1.82) is 0 Å². The van der Waals surface area contributed by atoms with Gasteiger partial charge in [-0.05, 0) is 38.3 Å². The Morgan fingerprint density at radius 2 is 1.60 bits per heavy atom. The van der Waals surface area contributed by atoms with E-state index in [2.05, 4.69) is 33.1 Å². The van der Waals surface area contributed by atoms with E-state index in [1.165, 1.54) is 51.5 Å². The lowest BCUT2D eigenvalue weighted by Gasteiger charge is -2.21. The predicted octanol–water partition coefficient (Wildman–Crippen LogP) is 4.23. The van der Waals surface area contributed by atoms with Gasteiger partial charge in [0.25, 0.3) is 0 Å². The Kier molecular flexibility index (Phi) is 10.4. The van der Waals surface area contributed by atoms with Crippen molar-refractivity contribution < 1.29 is 0 Å². The summed E-state index contributed by atoms with van der Waals surface area (Å²) in [6, 6.07) is 0. The summed E-state index contributed by atoms with van der Waals surface area (Å²) in [5.74, 6) is 1.92. The van der Waals surface area contributed by atoms with Crippen LogP contribution >= 0.6 is 0 Å². The van der Waals surface area contributed by atoms with Crippen LogP contribution in [0.5, 0.6) is 0 Å². The van der Waals surface area contributed by atoms with E-state index in [1.807, 2.05) is 0 Å². The first-order valence-corrected chi connectivity index (χ1v) is 6.92. The molecule has 1 nitrogen and oxygen atoms in total. The third kappa shape index (κ3) is 7.84. The predicted molar refractivity (Wildman–Crippen MR) is 70.2 cm³/mol. The van der Waals surface area contributed by atoms with E-state index < -0.39 is 0 Å². The Morgan fingerprint density at radius 3 is 2.07 bits per heavy atom. The molecular formula is C14H31N. The van der Waals surface area contributed by atoms with E-state index in [0.717, 1.165) is 11.8 Å². The highest BCUT2D eigenvalue weighted by Crippen LogP contribution is 2.25. The molecule has 0 bridgehead atoms. The normalized spacial score (nSPS) is 13.4. The van der Waals surface area contributed by atoms with Crippen LogP contribution in [0.25, 0.3) is 0 Å². The second kappa shape index (κ2) is 10.5. The van der Waals surface area contributed by atoms with Crippen LogP contribution in [-0.4, -0.2) is 13.6 Å². The molecule has 0 saturated heterocycles. The fourth-order valence-corrected chi connectivity index (χ4v) is 2.31. The first kappa shape index (κ1) is 15.0. The van der Waals surface area contributed by atoms with Crippen molar-refractivity contribution in [1.82, 2.24) is 5.32 Å². The highest BCUT2D eigenvalue weighted by molar-refractivity contribution is 4.66. The zero-order chi connectivity index (χ0) is 11.5. The number of hydrogen-bond donors (Lipinski definition) is 1. The van der Waals surface area contributed by atoms with Crippen molar-refractivity contribution >= 4 is 0 Å². The van der Waals surface area contributed by atoms with Crippen LogP contribution in [0, 0.1) is 11.8 Å². The molecule has 0 radical (unpaired) electrons. The van der Waals surface area contributed by atoms with Crippen LogP contribution in [0.2, 0.25) is 0 Å². The molecule has 0 heterocycles. The molecule has 1 heteroatoms. The van der Waals surface area contributed by atoms with Crippen molar-refractivity contribution in [2.24, 2.45) is 11.8 Å². The van der Waals surface area contributed by atoms with Crippen LogP contribution < -0.4 is 5.32 Å². The molecule has 0 aliphatic carbocycles. The van der Waals surface area contributed by atoms with Gasteiger partial charge in [-0.25, -0.2) is 0 Å². The monoisotopic (exact) mass is 213 g/mol. The Bertz CT molecular complexity index is 111. The molecule has 92 valence electrons. The summed E-state index contributed by atoms with van der Waals surface area (Å²) in [5.41, 5.74) is 0. The Morgan fingerprint density at radius 1 is 0.933 bits per heavy atom. The quantitative estimate of drug-likeness (QED) is 0.572. The standard InChI is InChI=1S/C14H31N/c1-5-8-9-14(10-11-15-4)12-13(6-2)7-3/h13-15H,5-12H2,1-4H3.